The zero-order valence-electron chi connectivity index (χ0n) is 10.1. The second kappa shape index (κ2) is 5.64. The van der Waals surface area contributed by atoms with Crippen LogP contribution >= 0.6 is 0 Å². The molecule has 2 atom stereocenters. The van der Waals surface area contributed by atoms with Crippen LogP contribution in [-0.4, -0.2) is 36.9 Å². The second-order valence-corrected chi connectivity index (χ2v) is 7.52. The predicted octanol–water partition coefficient (Wildman–Crippen LogP) is 1.27. The lowest BCUT2D eigenvalue weighted by Gasteiger charge is -2.16. The van der Waals surface area contributed by atoms with Gasteiger partial charge in [-0.15, -0.1) is 0 Å². The lowest BCUT2D eigenvalue weighted by Crippen LogP contribution is -2.23. The molecule has 0 radical (unpaired) electrons. The van der Waals surface area contributed by atoms with Crippen molar-refractivity contribution in [2.75, 3.05) is 23.6 Å². The molecule has 0 aliphatic heterocycles. The standard InChI is InChI=1S/C11H17NO3S2/c1-9(8-16(2)13)12-10-6-4-5-7-11(10)17(3,14)15/h4-7,9,12H,8H2,1-3H3. The molecule has 1 aromatic carbocycles. The van der Waals surface area contributed by atoms with Crippen molar-refractivity contribution in [3.63, 3.8) is 0 Å². The minimum absolute atomic E-state index is 0.0382. The van der Waals surface area contributed by atoms with Gasteiger partial charge in [-0.2, -0.15) is 0 Å². The molecule has 0 amide bonds. The lowest BCUT2D eigenvalue weighted by atomic mass is 10.3. The summed E-state index contributed by atoms with van der Waals surface area (Å²) < 4.78 is 34.2. The highest BCUT2D eigenvalue weighted by atomic mass is 32.2. The van der Waals surface area contributed by atoms with Crippen LogP contribution in [0.15, 0.2) is 29.2 Å². The Labute approximate surface area is 105 Å². The van der Waals surface area contributed by atoms with E-state index < -0.39 is 20.6 Å². The maximum absolute atomic E-state index is 11.6. The Morgan fingerprint density at radius 3 is 2.47 bits per heavy atom. The van der Waals surface area contributed by atoms with Gasteiger partial charge in [-0.25, -0.2) is 8.42 Å². The largest absolute Gasteiger partial charge is 0.381 e. The van der Waals surface area contributed by atoms with Gasteiger partial charge in [0.05, 0.1) is 10.6 Å². The molecule has 17 heavy (non-hydrogen) atoms. The molecule has 0 spiro atoms. The van der Waals surface area contributed by atoms with Crippen molar-refractivity contribution in [1.29, 1.82) is 0 Å². The third-order valence-electron chi connectivity index (χ3n) is 2.17. The molecule has 0 bridgehead atoms. The first-order valence-corrected chi connectivity index (χ1v) is 8.78. The number of rotatable bonds is 5. The molecular weight excluding hydrogens is 258 g/mol. The molecule has 0 heterocycles. The number of hydrogen-bond donors (Lipinski definition) is 1. The van der Waals surface area contributed by atoms with Crippen molar-refractivity contribution in [2.45, 2.75) is 17.9 Å². The van der Waals surface area contributed by atoms with Gasteiger partial charge in [0.25, 0.3) is 0 Å². The molecule has 2 unspecified atom stereocenters. The first-order valence-electron chi connectivity index (χ1n) is 5.16. The summed E-state index contributed by atoms with van der Waals surface area (Å²) in [5.74, 6) is 0.484. The summed E-state index contributed by atoms with van der Waals surface area (Å²) in [6, 6.07) is 6.69. The van der Waals surface area contributed by atoms with E-state index in [1.807, 2.05) is 6.92 Å². The molecule has 1 rings (SSSR count). The van der Waals surface area contributed by atoms with E-state index in [9.17, 15) is 12.6 Å². The van der Waals surface area contributed by atoms with Crippen LogP contribution in [-0.2, 0) is 20.6 Å². The van der Waals surface area contributed by atoms with Gasteiger partial charge in [0.15, 0.2) is 9.84 Å². The Balaban J connectivity index is 2.96. The van der Waals surface area contributed by atoms with Crippen LogP contribution in [0.4, 0.5) is 5.69 Å². The van der Waals surface area contributed by atoms with Gasteiger partial charge in [-0.05, 0) is 19.1 Å². The van der Waals surface area contributed by atoms with Gasteiger partial charge in [0, 0.05) is 35.1 Å². The normalized spacial score (nSPS) is 15.2. The molecule has 96 valence electrons. The highest BCUT2D eigenvalue weighted by molar-refractivity contribution is 7.90. The summed E-state index contributed by atoms with van der Waals surface area (Å²) in [5, 5.41) is 3.08. The van der Waals surface area contributed by atoms with Crippen LogP contribution in [0.5, 0.6) is 0 Å². The van der Waals surface area contributed by atoms with Gasteiger partial charge in [0.1, 0.15) is 0 Å². The molecule has 0 aromatic heterocycles. The minimum Gasteiger partial charge on any atom is -0.381 e. The maximum Gasteiger partial charge on any atom is 0.177 e. The van der Waals surface area contributed by atoms with Gasteiger partial charge in [0.2, 0.25) is 0 Å². The van der Waals surface area contributed by atoms with Crippen LogP contribution in [0.3, 0.4) is 0 Å². The second-order valence-electron chi connectivity index (χ2n) is 4.05. The highest BCUT2D eigenvalue weighted by Gasteiger charge is 2.14. The smallest absolute Gasteiger partial charge is 0.177 e. The SMILES string of the molecule is CC(CS(C)=O)Nc1ccccc1S(C)(=O)=O. The Kier molecular flexibility index (Phi) is 4.70. The third kappa shape index (κ3) is 4.47. The van der Waals surface area contributed by atoms with Crippen LogP contribution in [0.2, 0.25) is 0 Å². The molecule has 4 nitrogen and oxygen atoms in total. The van der Waals surface area contributed by atoms with Crippen molar-refractivity contribution in [1.82, 2.24) is 0 Å². The van der Waals surface area contributed by atoms with E-state index >= 15 is 0 Å². The first kappa shape index (κ1) is 14.2. The summed E-state index contributed by atoms with van der Waals surface area (Å²) in [5.41, 5.74) is 0.563. The predicted molar refractivity (Wildman–Crippen MR) is 71.6 cm³/mol. The molecule has 0 aliphatic carbocycles. The lowest BCUT2D eigenvalue weighted by molar-refractivity contribution is 0.602. The molecule has 0 fully saturated rings. The molecular formula is C11H17NO3S2. The molecule has 1 aromatic rings. The summed E-state index contributed by atoms with van der Waals surface area (Å²) >= 11 is 0. The van der Waals surface area contributed by atoms with E-state index in [-0.39, 0.29) is 10.9 Å². The fourth-order valence-corrected chi connectivity index (χ4v) is 3.21. The maximum atomic E-state index is 11.6. The molecule has 0 saturated carbocycles. The fraction of sp³-hybridized carbons (Fsp3) is 0.455. The Hall–Kier alpha value is -0.880. The number of para-hydroxylation sites is 1. The Morgan fingerprint density at radius 1 is 1.35 bits per heavy atom. The number of nitrogens with one attached hydrogen (secondary N) is 1. The van der Waals surface area contributed by atoms with E-state index in [0.29, 0.717) is 11.4 Å². The van der Waals surface area contributed by atoms with E-state index in [1.165, 1.54) is 6.26 Å². The molecule has 0 saturated heterocycles. The van der Waals surface area contributed by atoms with Gasteiger partial charge >= 0.3 is 0 Å². The van der Waals surface area contributed by atoms with Crippen molar-refractivity contribution in [2.24, 2.45) is 0 Å². The summed E-state index contributed by atoms with van der Waals surface area (Å²) in [7, 11) is -4.15. The Morgan fingerprint density at radius 2 is 1.94 bits per heavy atom. The van der Waals surface area contributed by atoms with Gasteiger partial charge < -0.3 is 5.32 Å². The van der Waals surface area contributed by atoms with Crippen LogP contribution in [0.1, 0.15) is 6.92 Å². The van der Waals surface area contributed by atoms with E-state index in [1.54, 1.807) is 30.5 Å². The Bertz CT molecular complexity index is 511. The van der Waals surface area contributed by atoms with Crippen molar-refractivity contribution < 1.29 is 12.6 Å². The monoisotopic (exact) mass is 275 g/mol. The van der Waals surface area contributed by atoms with E-state index in [2.05, 4.69) is 5.32 Å². The zero-order chi connectivity index (χ0) is 13.1. The van der Waals surface area contributed by atoms with E-state index in [4.69, 9.17) is 0 Å². The molecule has 1 N–H and O–H groups in total. The van der Waals surface area contributed by atoms with Crippen LogP contribution in [0.25, 0.3) is 0 Å². The number of benzene rings is 1. The topological polar surface area (TPSA) is 63.2 Å². The quantitative estimate of drug-likeness (QED) is 0.879. The highest BCUT2D eigenvalue weighted by Crippen LogP contribution is 2.21. The molecule has 6 heteroatoms. The van der Waals surface area contributed by atoms with E-state index in [0.717, 1.165) is 0 Å². The average Bonchev–Trinajstić information content (AvgIpc) is 2.15. The molecule has 0 aliphatic rings. The summed E-state index contributed by atoms with van der Waals surface area (Å²) in [4.78, 5) is 0.272. The zero-order valence-corrected chi connectivity index (χ0v) is 11.8. The number of sulfone groups is 1. The summed E-state index contributed by atoms with van der Waals surface area (Å²) in [6.45, 7) is 1.88. The van der Waals surface area contributed by atoms with Crippen molar-refractivity contribution in [3.05, 3.63) is 24.3 Å². The van der Waals surface area contributed by atoms with Gasteiger partial charge in [-0.1, -0.05) is 12.1 Å². The minimum atomic E-state index is -3.25. The van der Waals surface area contributed by atoms with Crippen LogP contribution < -0.4 is 5.32 Å². The first-order chi connectivity index (χ1) is 7.80. The van der Waals surface area contributed by atoms with Gasteiger partial charge in [-0.3, -0.25) is 4.21 Å². The van der Waals surface area contributed by atoms with Crippen molar-refractivity contribution >= 4 is 26.3 Å². The fourth-order valence-electron chi connectivity index (χ4n) is 1.57. The third-order valence-corrected chi connectivity index (χ3v) is 4.30. The number of hydrogen-bond acceptors (Lipinski definition) is 4. The van der Waals surface area contributed by atoms with Crippen LogP contribution in [0, 0.1) is 0 Å². The number of anilines is 1. The summed E-state index contributed by atoms with van der Waals surface area (Å²) in [6.07, 6.45) is 2.80. The van der Waals surface area contributed by atoms with Crippen molar-refractivity contribution in [3.8, 4) is 0 Å². The average molecular weight is 275 g/mol.